The summed E-state index contributed by atoms with van der Waals surface area (Å²) in [7, 11) is 0. The van der Waals surface area contributed by atoms with Crippen LogP contribution in [0, 0.1) is 0 Å². The molecule has 0 amide bonds. The van der Waals surface area contributed by atoms with Gasteiger partial charge in [0.15, 0.2) is 0 Å². The van der Waals surface area contributed by atoms with Crippen molar-refractivity contribution in [1.82, 2.24) is 0 Å². The molecule has 4 heteroatoms. The molecule has 0 rings (SSSR count). The molecule has 0 aromatic carbocycles. The molecule has 0 aliphatic heterocycles. The van der Waals surface area contributed by atoms with Gasteiger partial charge in [0.2, 0.25) is 0 Å². The zero-order valence-electron chi connectivity index (χ0n) is 1.72. The molecular weight excluding hydrogens is 422 g/mol. The van der Waals surface area contributed by atoms with Crippen LogP contribution in [0.3, 0.4) is 0 Å². The van der Waals surface area contributed by atoms with E-state index in [0.717, 1.165) is 0 Å². The molecule has 35 valence electrons. The first-order chi connectivity index (χ1) is 0. The van der Waals surface area contributed by atoms with Crippen molar-refractivity contribution < 1.29 is 17.1 Å². The molecule has 0 spiro atoms. The summed E-state index contributed by atoms with van der Waals surface area (Å²) in [5.41, 5.74) is 0. The van der Waals surface area contributed by atoms with Gasteiger partial charge in [0.05, 0.1) is 0 Å². The fourth-order valence-electron chi connectivity index (χ4n) is 0. The van der Waals surface area contributed by atoms with Crippen molar-refractivity contribution in [1.29, 1.82) is 0 Å². The Bertz CT molecular complexity index is 8.00. The van der Waals surface area contributed by atoms with E-state index in [0.29, 0.717) is 0 Å². The van der Waals surface area contributed by atoms with Crippen molar-refractivity contribution in [2.24, 2.45) is 0 Å². The van der Waals surface area contributed by atoms with Crippen LogP contribution in [0.25, 0.3) is 0 Å². The monoisotopic (exact) mass is 433 g/mol. The maximum atomic E-state index is 0. The van der Waals surface area contributed by atoms with E-state index in [1.807, 2.05) is 0 Å². The number of hydrogen-bond acceptors (Lipinski definition) is 0. The van der Waals surface area contributed by atoms with Crippen LogP contribution in [0.1, 0.15) is 0 Å². The number of rotatable bonds is 0. The van der Waals surface area contributed by atoms with Gasteiger partial charge in [-0.25, -0.2) is 0 Å². The van der Waals surface area contributed by atoms with Gasteiger partial charge in [0, 0.05) is 17.1 Å². The first-order valence-corrected chi connectivity index (χ1v) is 0. The minimum absolute atomic E-state index is 0. The Hall–Kier alpha value is 2.63. The van der Waals surface area contributed by atoms with Gasteiger partial charge < -0.3 is 0 Å². The molecule has 0 fully saturated rings. The molecule has 0 N–H and O–H groups in total. The van der Waals surface area contributed by atoms with Crippen molar-refractivity contribution in [3.05, 3.63) is 0 Å². The van der Waals surface area contributed by atoms with E-state index in [2.05, 4.69) is 0 Å². The van der Waals surface area contributed by atoms with Gasteiger partial charge in [-0.2, -0.15) is 9.90 Å². The first kappa shape index (κ1) is 30.4. The third kappa shape index (κ3) is 8.82. The van der Waals surface area contributed by atoms with E-state index in [1.54, 1.807) is 0 Å². The molecule has 0 saturated heterocycles. The van der Waals surface area contributed by atoms with Crippen molar-refractivity contribution >= 4 is 60.0 Å². The molecule has 4 heavy (non-hydrogen) atoms. The Balaban J connectivity index is 0. The van der Waals surface area contributed by atoms with Crippen molar-refractivity contribution in [2.45, 2.75) is 0 Å². The van der Waals surface area contributed by atoms with Gasteiger partial charge in [-0.1, -0.05) is 0 Å². The molecular formula is H10BiCuPSn. The van der Waals surface area contributed by atoms with Gasteiger partial charge in [0.25, 0.3) is 0 Å². The van der Waals surface area contributed by atoms with E-state index in [4.69, 9.17) is 0 Å². The van der Waals surface area contributed by atoms with Crippen molar-refractivity contribution in [3.63, 3.8) is 0 Å². The normalized spacial score (nSPS) is 0. The second-order valence-electron chi connectivity index (χ2n) is 0. The molecule has 1 radical (unpaired) electrons. The van der Waals surface area contributed by atoms with Gasteiger partial charge in [-0.05, 0) is 0 Å². The van der Waals surface area contributed by atoms with Crippen LogP contribution < -0.4 is 0 Å². The van der Waals surface area contributed by atoms with Crippen LogP contribution in [-0.2, 0) is 17.1 Å². The third-order valence-corrected chi connectivity index (χ3v) is 0. The van der Waals surface area contributed by atoms with E-state index < -0.39 is 0 Å². The Morgan fingerprint density at radius 1 is 1.00 bits per heavy atom. The van der Waals surface area contributed by atoms with Crippen LogP contribution >= 0.6 is 9.90 Å². The van der Waals surface area contributed by atoms with Gasteiger partial charge in [-0.15, -0.1) is 0 Å². The summed E-state index contributed by atoms with van der Waals surface area (Å²) in [4.78, 5) is 0. The zero-order chi connectivity index (χ0) is 0. The summed E-state index contributed by atoms with van der Waals surface area (Å²) in [6.07, 6.45) is 0. The Morgan fingerprint density at radius 3 is 1.00 bits per heavy atom. The summed E-state index contributed by atoms with van der Waals surface area (Å²) in [6.45, 7) is 0. The summed E-state index contributed by atoms with van der Waals surface area (Å²) in [6, 6.07) is 0. The fourth-order valence-corrected chi connectivity index (χ4v) is 0. The second kappa shape index (κ2) is 17.4. The minimum atomic E-state index is 0. The van der Waals surface area contributed by atoms with Gasteiger partial charge in [-0.3, -0.25) is 0 Å². The third-order valence-electron chi connectivity index (χ3n) is 0. The molecule has 1 unspecified atom stereocenters. The standard InChI is InChI=1S/Bi.Cu.H3P.Sn.7H/h;;1H3;;;;;;;;. The fraction of sp³-hybridized carbons (Fsp3) is 0. The molecule has 1 atom stereocenters. The Labute approximate surface area is 76.0 Å². The zero-order valence-corrected chi connectivity index (χ0v) is 9.57. The summed E-state index contributed by atoms with van der Waals surface area (Å²) >= 11 is 0. The number of hydrogen-bond donors (Lipinski definition) is 0. The molecule has 0 bridgehead atoms. The quantitative estimate of drug-likeness (QED) is 0.292. The van der Waals surface area contributed by atoms with E-state index >= 15 is 0 Å². The summed E-state index contributed by atoms with van der Waals surface area (Å²) in [5, 5.41) is 0. The summed E-state index contributed by atoms with van der Waals surface area (Å²) < 4.78 is 0. The van der Waals surface area contributed by atoms with Crippen LogP contribution in [0.5, 0.6) is 0 Å². The Morgan fingerprint density at radius 2 is 1.00 bits per heavy atom. The average molecular weight is 432 g/mol. The molecule has 0 aliphatic rings. The van der Waals surface area contributed by atoms with Crippen LogP contribution in [-0.4, -0.2) is 50.1 Å². The molecule has 0 aliphatic carbocycles. The average Bonchev–Trinajstić information content (AvgIpc) is 0. The van der Waals surface area contributed by atoms with Gasteiger partial charge >= 0.3 is 50.1 Å². The predicted octanol–water partition coefficient (Wildman–Crippen LogP) is -2.58. The molecule has 0 saturated carbocycles. The van der Waals surface area contributed by atoms with Crippen LogP contribution in [0.4, 0.5) is 0 Å². The topological polar surface area (TPSA) is 0 Å². The van der Waals surface area contributed by atoms with E-state index in [1.165, 1.54) is 0 Å². The second-order valence-corrected chi connectivity index (χ2v) is 0. The van der Waals surface area contributed by atoms with E-state index in [-0.39, 0.29) is 77.1 Å². The maximum absolute atomic E-state index is 0. The van der Waals surface area contributed by atoms with Crippen LogP contribution in [0.2, 0.25) is 0 Å². The van der Waals surface area contributed by atoms with Crippen LogP contribution in [0.15, 0.2) is 0 Å². The molecule has 0 aromatic rings. The predicted molar refractivity (Wildman–Crippen MR) is 32.4 cm³/mol. The van der Waals surface area contributed by atoms with E-state index in [9.17, 15) is 0 Å². The molecule has 0 heterocycles. The summed E-state index contributed by atoms with van der Waals surface area (Å²) in [5.74, 6) is 0. The molecule has 0 nitrogen and oxygen atoms in total. The Kier molecular flexibility index (Phi) is 132. The molecule has 0 aromatic heterocycles. The first-order valence-electron chi connectivity index (χ1n) is 0. The van der Waals surface area contributed by atoms with Crippen molar-refractivity contribution in [2.75, 3.05) is 0 Å². The van der Waals surface area contributed by atoms with Crippen molar-refractivity contribution in [3.8, 4) is 0 Å². The van der Waals surface area contributed by atoms with Gasteiger partial charge in [0.1, 0.15) is 0 Å². The SMILES string of the molecule is P.[BiH3].[Cu].[SnH4].